The number of hydrogen-bond donors (Lipinski definition) is 2. The van der Waals surface area contributed by atoms with Gasteiger partial charge in [0.1, 0.15) is 5.82 Å². The molecule has 1 unspecified atom stereocenters. The van der Waals surface area contributed by atoms with E-state index in [9.17, 15) is 22.0 Å². The molecule has 1 aromatic rings. The second kappa shape index (κ2) is 5.71. The summed E-state index contributed by atoms with van der Waals surface area (Å²) in [5, 5.41) is 3.55. The van der Waals surface area contributed by atoms with Crippen molar-refractivity contribution in [2.45, 2.75) is 24.9 Å². The van der Waals surface area contributed by atoms with Crippen LogP contribution in [0.3, 0.4) is 0 Å². The van der Waals surface area contributed by atoms with E-state index in [-0.39, 0.29) is 30.0 Å². The Morgan fingerprint density at radius 3 is 2.70 bits per heavy atom. The van der Waals surface area contributed by atoms with Gasteiger partial charge in [0, 0.05) is 12.5 Å². The van der Waals surface area contributed by atoms with Crippen molar-refractivity contribution in [1.82, 2.24) is 10.3 Å². The lowest BCUT2D eigenvalue weighted by Crippen LogP contribution is -2.43. The van der Waals surface area contributed by atoms with Crippen LogP contribution in [0.25, 0.3) is 0 Å². The van der Waals surface area contributed by atoms with Crippen molar-refractivity contribution in [3.8, 4) is 0 Å². The Kier molecular flexibility index (Phi) is 3.87. The Labute approximate surface area is 128 Å². The second-order valence-electron chi connectivity index (χ2n) is 5.35. The Hall–Kier alpha value is -2.32. The highest BCUT2D eigenvalue weighted by Gasteiger charge is 2.40. The molecule has 3 rings (SSSR count). The fourth-order valence-electron chi connectivity index (χ4n) is 2.79. The van der Waals surface area contributed by atoms with E-state index in [4.69, 9.17) is 5.73 Å². The number of rotatable bonds is 3. The Balaban J connectivity index is 1.92. The van der Waals surface area contributed by atoms with E-state index in [1.807, 2.05) is 0 Å². The summed E-state index contributed by atoms with van der Waals surface area (Å²) >= 11 is 0. The first-order chi connectivity index (χ1) is 10.9. The van der Waals surface area contributed by atoms with Crippen molar-refractivity contribution < 1.29 is 22.0 Å². The molecule has 0 fully saturated rings. The van der Waals surface area contributed by atoms with Gasteiger partial charge in [-0.05, 0) is 18.1 Å². The molecule has 0 spiro atoms. The molecule has 23 heavy (non-hydrogen) atoms. The number of allylic oxidation sites excluding steroid dienone is 1. The minimum absolute atomic E-state index is 0.0324. The van der Waals surface area contributed by atoms with E-state index < -0.39 is 36.0 Å². The zero-order valence-corrected chi connectivity index (χ0v) is 11.7. The van der Waals surface area contributed by atoms with Crippen molar-refractivity contribution in [3.63, 3.8) is 0 Å². The molecule has 9 heteroatoms. The predicted molar refractivity (Wildman–Crippen MR) is 73.1 cm³/mol. The Bertz CT molecular complexity index is 688. The van der Waals surface area contributed by atoms with Crippen LogP contribution in [0.4, 0.5) is 22.0 Å². The van der Waals surface area contributed by atoms with Gasteiger partial charge in [0.25, 0.3) is 6.43 Å². The highest BCUT2D eigenvalue weighted by molar-refractivity contribution is 5.90. The summed E-state index contributed by atoms with van der Waals surface area (Å²) in [6.07, 6.45) is -5.67. The number of nitrogens with two attached hydrogens (primary N) is 1. The molecule has 0 radical (unpaired) electrons. The van der Waals surface area contributed by atoms with Crippen LogP contribution in [0.15, 0.2) is 34.8 Å². The van der Waals surface area contributed by atoms with E-state index >= 15 is 0 Å². The van der Waals surface area contributed by atoms with E-state index in [1.54, 1.807) is 0 Å². The number of halogens is 5. The first-order valence-corrected chi connectivity index (χ1v) is 6.86. The Morgan fingerprint density at radius 2 is 2.00 bits per heavy atom. The van der Waals surface area contributed by atoms with Gasteiger partial charge in [-0.25, -0.2) is 22.0 Å². The van der Waals surface area contributed by atoms with Crippen molar-refractivity contribution in [1.29, 1.82) is 0 Å². The lowest BCUT2D eigenvalue weighted by molar-refractivity contribution is 0.0793. The smallest absolute Gasteiger partial charge is 0.276 e. The van der Waals surface area contributed by atoms with Crippen LogP contribution in [0.1, 0.15) is 17.9 Å². The normalized spacial score (nSPS) is 22.1. The van der Waals surface area contributed by atoms with E-state index in [1.165, 1.54) is 12.1 Å². The van der Waals surface area contributed by atoms with Crippen molar-refractivity contribution in [3.05, 3.63) is 46.9 Å². The molecule has 2 aliphatic rings. The van der Waals surface area contributed by atoms with Crippen molar-refractivity contribution in [2.75, 3.05) is 6.54 Å². The average molecular weight is 332 g/mol. The van der Waals surface area contributed by atoms with Crippen LogP contribution in [-0.2, 0) is 0 Å². The summed E-state index contributed by atoms with van der Waals surface area (Å²) in [7, 11) is 0. The second-order valence-corrected chi connectivity index (χ2v) is 5.35. The molecule has 3 N–H and O–H groups in total. The molecular weight excluding hydrogens is 319 g/mol. The molecule has 0 saturated carbocycles. The summed E-state index contributed by atoms with van der Waals surface area (Å²) in [5.74, 6) is -2.95. The largest absolute Gasteiger partial charge is 0.399 e. The van der Waals surface area contributed by atoms with Gasteiger partial charge in [0.15, 0.2) is 17.5 Å². The number of hydrazone groups is 1. The lowest BCUT2D eigenvalue weighted by atomic mass is 9.90. The maximum absolute atomic E-state index is 14.0. The number of nitrogens with one attached hydrogen (secondary N) is 1. The van der Waals surface area contributed by atoms with E-state index in [0.29, 0.717) is 0 Å². The summed E-state index contributed by atoms with van der Waals surface area (Å²) in [4.78, 5) is 1.16. The quantitative estimate of drug-likeness (QED) is 0.836. The first-order valence-electron chi connectivity index (χ1n) is 6.86. The highest BCUT2D eigenvalue weighted by atomic mass is 19.3. The third-order valence-corrected chi connectivity index (χ3v) is 3.89. The van der Waals surface area contributed by atoms with Crippen LogP contribution in [0.5, 0.6) is 0 Å². The predicted octanol–water partition coefficient (Wildman–Crippen LogP) is 2.40. The van der Waals surface area contributed by atoms with Gasteiger partial charge >= 0.3 is 0 Å². The highest BCUT2D eigenvalue weighted by Crippen LogP contribution is 2.34. The zero-order valence-electron chi connectivity index (χ0n) is 11.7. The van der Waals surface area contributed by atoms with Crippen molar-refractivity contribution >= 4 is 5.84 Å². The molecule has 2 heterocycles. The van der Waals surface area contributed by atoms with E-state index in [0.717, 1.165) is 11.0 Å². The minimum Gasteiger partial charge on any atom is -0.399 e. The maximum atomic E-state index is 14.0. The number of nitrogens with zero attached hydrogens (tertiary/aromatic N) is 2. The van der Waals surface area contributed by atoms with Crippen LogP contribution in [-0.4, -0.2) is 29.9 Å². The number of amidine groups is 1. The SMILES string of the molecule is NC1=C2NN=C(C(F)C(F)F)N2C[C@H](c2cccc(F)c2F)C1. The summed E-state index contributed by atoms with van der Waals surface area (Å²) in [6.45, 7) is -0.0324. The topological polar surface area (TPSA) is 53.6 Å². The average Bonchev–Trinajstić information content (AvgIpc) is 2.93. The summed E-state index contributed by atoms with van der Waals surface area (Å²) < 4.78 is 66.2. The van der Waals surface area contributed by atoms with Crippen LogP contribution < -0.4 is 11.2 Å². The standard InChI is InChI=1S/C14H13F5N4/c15-8-3-1-2-7(10(8)16)6-4-9(20)13-21-22-14(23(13)5-6)11(17)12(18)19/h1-3,6,11-12,21H,4-5,20H2/t6-,11?/m1/s1. The third-order valence-electron chi connectivity index (χ3n) is 3.89. The molecule has 0 bridgehead atoms. The maximum Gasteiger partial charge on any atom is 0.276 e. The number of benzene rings is 1. The molecule has 0 aliphatic carbocycles. The van der Waals surface area contributed by atoms with Gasteiger partial charge in [-0.2, -0.15) is 5.10 Å². The van der Waals surface area contributed by atoms with E-state index in [2.05, 4.69) is 10.5 Å². The van der Waals surface area contributed by atoms with Crippen LogP contribution in [0.2, 0.25) is 0 Å². The Morgan fingerprint density at radius 1 is 1.26 bits per heavy atom. The van der Waals surface area contributed by atoms with Gasteiger partial charge in [0.05, 0.1) is 5.70 Å². The molecular formula is C14H13F5N4. The fourth-order valence-corrected chi connectivity index (χ4v) is 2.79. The minimum atomic E-state index is -3.25. The van der Waals surface area contributed by atoms with Gasteiger partial charge in [0.2, 0.25) is 6.17 Å². The number of fused-ring (bicyclic) bond motifs is 1. The third kappa shape index (κ3) is 2.60. The lowest BCUT2D eigenvalue weighted by Gasteiger charge is -2.33. The zero-order chi connectivity index (χ0) is 16.7. The molecule has 0 saturated heterocycles. The van der Waals surface area contributed by atoms with Crippen LogP contribution >= 0.6 is 0 Å². The number of hydrogen-bond acceptors (Lipinski definition) is 4. The van der Waals surface area contributed by atoms with Gasteiger partial charge in [-0.3, -0.25) is 5.43 Å². The molecule has 0 amide bonds. The van der Waals surface area contributed by atoms with Crippen LogP contribution in [0, 0.1) is 11.6 Å². The van der Waals surface area contributed by atoms with Crippen molar-refractivity contribution in [2.24, 2.45) is 10.8 Å². The van der Waals surface area contributed by atoms with Gasteiger partial charge in [-0.15, -0.1) is 0 Å². The molecule has 0 aromatic heterocycles. The first kappa shape index (κ1) is 15.6. The fraction of sp³-hybridized carbons (Fsp3) is 0.357. The summed E-state index contributed by atoms with van der Waals surface area (Å²) in [6, 6.07) is 3.71. The molecule has 124 valence electrons. The summed E-state index contributed by atoms with van der Waals surface area (Å²) in [5.41, 5.74) is 8.54. The molecule has 4 nitrogen and oxygen atoms in total. The molecule has 2 atom stereocenters. The molecule has 1 aromatic carbocycles. The van der Waals surface area contributed by atoms with Gasteiger partial charge in [-0.1, -0.05) is 12.1 Å². The van der Waals surface area contributed by atoms with Gasteiger partial charge < -0.3 is 10.6 Å². The monoisotopic (exact) mass is 332 g/mol. The number of alkyl halides is 3. The molecule has 2 aliphatic heterocycles.